The van der Waals surface area contributed by atoms with Crippen LogP contribution in [0.15, 0.2) is 30.3 Å². The number of carbonyl (C=O) groups excluding carboxylic acids is 1. The minimum absolute atomic E-state index is 0.406. The predicted octanol–water partition coefficient (Wildman–Crippen LogP) is -0.134. The lowest BCUT2D eigenvalue weighted by Crippen LogP contribution is -2.65. The molecule has 1 aliphatic rings. The van der Waals surface area contributed by atoms with Crippen LogP contribution in [-0.2, 0) is 9.53 Å². The molecule has 5 atom stereocenters. The van der Waals surface area contributed by atoms with Crippen molar-refractivity contribution in [2.45, 2.75) is 44.5 Å². The normalized spacial score (nSPS) is 28.7. The molecule has 3 rings (SSSR count). The Labute approximate surface area is 150 Å². The molecule has 1 amide bonds. The fourth-order valence-electron chi connectivity index (χ4n) is 2.98. The summed E-state index contributed by atoms with van der Waals surface area (Å²) in [5.41, 5.74) is 1.59. The van der Waals surface area contributed by atoms with Gasteiger partial charge in [0.2, 0.25) is 12.2 Å². The van der Waals surface area contributed by atoms with E-state index in [1.807, 2.05) is 25.1 Å². The zero-order valence-electron chi connectivity index (χ0n) is 14.5. The standard InChI is InChI=1S/C18H22N2O6/c1-9-3-4-11-5-6-12(7-13(11)19-9)25-18-15(20-10(2)22)17(24)16(23)14(8-21)26-18/h3-7,14-18,21,23-24H,8H2,1-2H3,(H,20,22)/t14-,15-,16-,17-,18+/m1/s1. The highest BCUT2D eigenvalue weighted by molar-refractivity contribution is 5.80. The van der Waals surface area contributed by atoms with Crippen molar-refractivity contribution in [3.05, 3.63) is 36.0 Å². The molecule has 1 aromatic carbocycles. The minimum Gasteiger partial charge on any atom is -0.462 e. The number of amides is 1. The molecule has 8 nitrogen and oxygen atoms in total. The van der Waals surface area contributed by atoms with E-state index in [9.17, 15) is 20.1 Å². The summed E-state index contributed by atoms with van der Waals surface area (Å²) in [6.07, 6.45) is -4.81. The Hall–Kier alpha value is -2.26. The number of aryl methyl sites for hydroxylation is 1. The number of hydrogen-bond acceptors (Lipinski definition) is 7. The number of nitrogens with one attached hydrogen (secondary N) is 1. The molecule has 1 fully saturated rings. The average Bonchev–Trinajstić information content (AvgIpc) is 2.60. The van der Waals surface area contributed by atoms with Crippen molar-refractivity contribution < 1.29 is 29.6 Å². The maximum Gasteiger partial charge on any atom is 0.223 e. The Morgan fingerprint density at radius 1 is 1.27 bits per heavy atom. The summed E-state index contributed by atoms with van der Waals surface area (Å²) in [6.45, 7) is 2.67. The second-order valence-corrected chi connectivity index (χ2v) is 6.36. The van der Waals surface area contributed by atoms with Crippen molar-refractivity contribution >= 4 is 16.8 Å². The summed E-state index contributed by atoms with van der Waals surface area (Å²) in [4.78, 5) is 15.9. The highest BCUT2D eigenvalue weighted by atomic mass is 16.7. The van der Waals surface area contributed by atoms with Gasteiger partial charge >= 0.3 is 0 Å². The van der Waals surface area contributed by atoms with Crippen molar-refractivity contribution in [1.82, 2.24) is 10.3 Å². The van der Waals surface area contributed by atoms with Crippen LogP contribution in [0.5, 0.6) is 5.75 Å². The van der Waals surface area contributed by atoms with Gasteiger partial charge in [-0.25, -0.2) is 0 Å². The molecular weight excluding hydrogens is 340 g/mol. The van der Waals surface area contributed by atoms with E-state index in [2.05, 4.69) is 10.3 Å². The third-order valence-electron chi connectivity index (χ3n) is 4.31. The van der Waals surface area contributed by atoms with Crippen LogP contribution in [0.3, 0.4) is 0 Å². The van der Waals surface area contributed by atoms with E-state index < -0.39 is 43.2 Å². The maximum atomic E-state index is 11.5. The number of aromatic nitrogens is 1. The lowest BCUT2D eigenvalue weighted by atomic mass is 9.97. The Bertz CT molecular complexity index is 798. The molecule has 4 N–H and O–H groups in total. The number of rotatable bonds is 4. The van der Waals surface area contributed by atoms with Gasteiger partial charge in [-0.2, -0.15) is 0 Å². The lowest BCUT2D eigenvalue weighted by molar-refractivity contribution is -0.244. The van der Waals surface area contributed by atoms with E-state index in [1.54, 1.807) is 12.1 Å². The van der Waals surface area contributed by atoms with E-state index in [0.717, 1.165) is 16.6 Å². The monoisotopic (exact) mass is 362 g/mol. The Morgan fingerprint density at radius 2 is 2.00 bits per heavy atom. The number of aliphatic hydroxyl groups excluding tert-OH is 3. The SMILES string of the molecule is CC(=O)N[C@H]1[C@@H](Oc2ccc3ccc(C)nc3c2)O[C@H](CO)[C@@H](O)[C@@H]1O. The number of fused-ring (bicyclic) bond motifs is 1. The summed E-state index contributed by atoms with van der Waals surface area (Å²) >= 11 is 0. The van der Waals surface area contributed by atoms with Gasteiger partial charge in [-0.05, 0) is 25.1 Å². The first-order valence-corrected chi connectivity index (χ1v) is 8.32. The summed E-state index contributed by atoms with van der Waals surface area (Å²) in [5.74, 6) is 0.0212. The molecule has 0 spiro atoms. The fraction of sp³-hybridized carbons (Fsp3) is 0.444. The van der Waals surface area contributed by atoms with E-state index in [0.29, 0.717) is 5.75 Å². The molecule has 140 valence electrons. The molecule has 8 heteroatoms. The number of hydrogen-bond donors (Lipinski definition) is 4. The first-order valence-electron chi connectivity index (χ1n) is 8.32. The number of nitrogens with zero attached hydrogens (tertiary/aromatic N) is 1. The fourth-order valence-corrected chi connectivity index (χ4v) is 2.98. The molecule has 0 bridgehead atoms. The zero-order valence-corrected chi connectivity index (χ0v) is 14.5. The summed E-state index contributed by atoms with van der Waals surface area (Å²) in [7, 11) is 0. The van der Waals surface area contributed by atoms with Crippen LogP contribution in [0, 0.1) is 6.92 Å². The third-order valence-corrected chi connectivity index (χ3v) is 4.31. The van der Waals surface area contributed by atoms with Crippen LogP contribution in [0.25, 0.3) is 10.9 Å². The largest absolute Gasteiger partial charge is 0.462 e. The van der Waals surface area contributed by atoms with Crippen molar-refractivity contribution in [2.24, 2.45) is 0 Å². The molecule has 2 aromatic rings. The number of carbonyl (C=O) groups is 1. The van der Waals surface area contributed by atoms with Gasteiger partial charge in [0.05, 0.1) is 12.1 Å². The Kier molecular flexibility index (Phi) is 5.38. The summed E-state index contributed by atoms with van der Waals surface area (Å²) in [5, 5.41) is 33.1. The second kappa shape index (κ2) is 7.55. The number of pyridine rings is 1. The summed E-state index contributed by atoms with van der Waals surface area (Å²) in [6, 6.07) is 8.14. The van der Waals surface area contributed by atoms with Gasteiger partial charge < -0.3 is 30.1 Å². The van der Waals surface area contributed by atoms with Crippen LogP contribution in [0.2, 0.25) is 0 Å². The molecule has 1 saturated heterocycles. The highest BCUT2D eigenvalue weighted by Gasteiger charge is 2.46. The van der Waals surface area contributed by atoms with E-state index in [4.69, 9.17) is 9.47 Å². The average molecular weight is 362 g/mol. The van der Waals surface area contributed by atoms with Gasteiger partial charge in [-0.3, -0.25) is 9.78 Å². The highest BCUT2D eigenvalue weighted by Crippen LogP contribution is 2.26. The maximum absolute atomic E-state index is 11.5. The van der Waals surface area contributed by atoms with Crippen molar-refractivity contribution in [3.63, 3.8) is 0 Å². The lowest BCUT2D eigenvalue weighted by Gasteiger charge is -2.42. The van der Waals surface area contributed by atoms with Crippen LogP contribution >= 0.6 is 0 Å². The van der Waals surface area contributed by atoms with Gasteiger partial charge in [-0.15, -0.1) is 0 Å². The van der Waals surface area contributed by atoms with E-state index >= 15 is 0 Å². The van der Waals surface area contributed by atoms with Crippen molar-refractivity contribution in [3.8, 4) is 5.75 Å². The van der Waals surface area contributed by atoms with Crippen LogP contribution in [-0.4, -0.2) is 63.5 Å². The topological polar surface area (TPSA) is 121 Å². The van der Waals surface area contributed by atoms with Gasteiger partial charge in [0.1, 0.15) is 30.1 Å². The molecule has 1 aromatic heterocycles. The van der Waals surface area contributed by atoms with Crippen LogP contribution in [0.4, 0.5) is 0 Å². The van der Waals surface area contributed by atoms with Crippen molar-refractivity contribution in [1.29, 1.82) is 0 Å². The third kappa shape index (κ3) is 3.78. The number of benzene rings is 1. The predicted molar refractivity (Wildman–Crippen MR) is 92.5 cm³/mol. The quantitative estimate of drug-likeness (QED) is 0.598. The molecule has 0 unspecified atom stereocenters. The van der Waals surface area contributed by atoms with Crippen molar-refractivity contribution in [2.75, 3.05) is 6.61 Å². The van der Waals surface area contributed by atoms with Gasteiger partial charge in [0, 0.05) is 24.1 Å². The first kappa shape index (κ1) is 18.5. The molecule has 0 radical (unpaired) electrons. The molecule has 0 saturated carbocycles. The Morgan fingerprint density at radius 3 is 2.69 bits per heavy atom. The van der Waals surface area contributed by atoms with Gasteiger partial charge in [0.25, 0.3) is 0 Å². The number of aliphatic hydroxyl groups is 3. The molecule has 1 aliphatic heterocycles. The Balaban J connectivity index is 1.87. The van der Waals surface area contributed by atoms with Gasteiger partial charge in [0.15, 0.2) is 0 Å². The molecular formula is C18H22N2O6. The molecule has 26 heavy (non-hydrogen) atoms. The minimum atomic E-state index is -1.35. The van der Waals surface area contributed by atoms with E-state index in [-0.39, 0.29) is 0 Å². The second-order valence-electron chi connectivity index (χ2n) is 6.36. The summed E-state index contributed by atoms with van der Waals surface area (Å²) < 4.78 is 11.4. The number of ether oxygens (including phenoxy) is 2. The molecule has 0 aliphatic carbocycles. The zero-order chi connectivity index (χ0) is 18.8. The van der Waals surface area contributed by atoms with Gasteiger partial charge in [-0.1, -0.05) is 6.07 Å². The smallest absolute Gasteiger partial charge is 0.223 e. The first-order chi connectivity index (χ1) is 12.4. The van der Waals surface area contributed by atoms with Crippen LogP contribution in [0.1, 0.15) is 12.6 Å². The van der Waals surface area contributed by atoms with Crippen LogP contribution < -0.4 is 10.1 Å². The molecule has 2 heterocycles. The van der Waals surface area contributed by atoms with E-state index in [1.165, 1.54) is 6.92 Å².